The van der Waals surface area contributed by atoms with E-state index >= 15 is 0 Å². The number of benzene rings is 1. The van der Waals surface area contributed by atoms with Crippen LogP contribution in [0.4, 0.5) is 11.4 Å². The Bertz CT molecular complexity index is 732. The lowest BCUT2D eigenvalue weighted by molar-refractivity contribution is 0.0600. The van der Waals surface area contributed by atoms with Crippen LogP contribution >= 0.6 is 11.6 Å². The maximum Gasteiger partial charge on any atom is 0.337 e. The second-order valence-corrected chi connectivity index (χ2v) is 5.41. The fourth-order valence-corrected chi connectivity index (χ4v) is 2.12. The Hall–Kier alpha value is -2.60. The molecular formula is C17H18ClN3O3. The molecule has 1 aromatic carbocycles. The first kappa shape index (κ1) is 17.7. The molecule has 24 heavy (non-hydrogen) atoms. The fourth-order valence-electron chi connectivity index (χ4n) is 1.95. The molecule has 2 N–H and O–H groups in total. The Labute approximate surface area is 145 Å². The lowest BCUT2D eigenvalue weighted by Gasteiger charge is -2.09. The highest BCUT2D eigenvalue weighted by molar-refractivity contribution is 6.34. The van der Waals surface area contributed by atoms with Gasteiger partial charge in [-0.3, -0.25) is 4.79 Å². The molecule has 0 saturated heterocycles. The van der Waals surface area contributed by atoms with E-state index in [4.69, 9.17) is 11.6 Å². The number of carbonyl (C=O) groups excluding carboxylic acids is 2. The molecule has 0 fully saturated rings. The van der Waals surface area contributed by atoms with Gasteiger partial charge in [0.15, 0.2) is 0 Å². The predicted octanol–water partition coefficient (Wildman–Crippen LogP) is 3.60. The molecule has 0 spiro atoms. The monoisotopic (exact) mass is 347 g/mol. The molecule has 126 valence electrons. The van der Waals surface area contributed by atoms with Crippen LogP contribution < -0.4 is 10.6 Å². The highest BCUT2D eigenvalue weighted by atomic mass is 35.5. The van der Waals surface area contributed by atoms with Crippen molar-refractivity contribution < 1.29 is 14.3 Å². The number of ether oxygens (including phenoxy) is 1. The fraction of sp³-hybridized carbons (Fsp3) is 0.235. The summed E-state index contributed by atoms with van der Waals surface area (Å²) < 4.78 is 4.65. The molecule has 0 radical (unpaired) electrons. The number of halogens is 1. The minimum atomic E-state index is -0.508. The zero-order valence-corrected chi connectivity index (χ0v) is 14.2. The van der Waals surface area contributed by atoms with E-state index in [0.29, 0.717) is 16.3 Å². The highest BCUT2D eigenvalue weighted by Crippen LogP contribution is 2.24. The smallest absolute Gasteiger partial charge is 0.337 e. The van der Waals surface area contributed by atoms with Gasteiger partial charge in [0, 0.05) is 6.54 Å². The van der Waals surface area contributed by atoms with Crippen LogP contribution in [0.1, 0.15) is 34.2 Å². The summed E-state index contributed by atoms with van der Waals surface area (Å²) in [5, 5.41) is 6.14. The first-order valence-corrected chi connectivity index (χ1v) is 7.82. The Morgan fingerprint density at radius 2 is 2.04 bits per heavy atom. The summed E-state index contributed by atoms with van der Waals surface area (Å²) in [6.07, 6.45) is 2.59. The molecule has 0 atom stereocenters. The van der Waals surface area contributed by atoms with E-state index in [0.717, 1.165) is 18.7 Å². The maximum atomic E-state index is 12.3. The molecule has 1 aromatic heterocycles. The van der Waals surface area contributed by atoms with Crippen LogP contribution in [0.15, 0.2) is 36.5 Å². The van der Waals surface area contributed by atoms with Crippen molar-refractivity contribution in [3.8, 4) is 0 Å². The zero-order chi connectivity index (χ0) is 17.5. The van der Waals surface area contributed by atoms with Gasteiger partial charge in [0.1, 0.15) is 5.69 Å². The third-order valence-electron chi connectivity index (χ3n) is 3.21. The molecular weight excluding hydrogens is 330 g/mol. The Morgan fingerprint density at radius 1 is 1.25 bits per heavy atom. The summed E-state index contributed by atoms with van der Waals surface area (Å²) in [6, 6.07) is 7.91. The molecule has 0 aliphatic carbocycles. The number of methoxy groups -OCH3 is 1. The van der Waals surface area contributed by atoms with E-state index in [2.05, 4.69) is 27.3 Å². The third kappa shape index (κ3) is 4.45. The number of carbonyl (C=O) groups is 2. The highest BCUT2D eigenvalue weighted by Gasteiger charge is 2.13. The van der Waals surface area contributed by atoms with Crippen LogP contribution in [0.2, 0.25) is 5.02 Å². The Balaban J connectivity index is 2.13. The van der Waals surface area contributed by atoms with Crippen LogP contribution in [-0.4, -0.2) is 30.5 Å². The number of aromatic nitrogens is 1. The number of amides is 1. The molecule has 1 heterocycles. The average molecular weight is 348 g/mol. The summed E-state index contributed by atoms with van der Waals surface area (Å²) in [7, 11) is 1.28. The van der Waals surface area contributed by atoms with Crippen LogP contribution in [0.3, 0.4) is 0 Å². The minimum absolute atomic E-state index is 0.247. The van der Waals surface area contributed by atoms with E-state index in [-0.39, 0.29) is 5.69 Å². The van der Waals surface area contributed by atoms with Gasteiger partial charge in [-0.15, -0.1) is 0 Å². The normalized spacial score (nSPS) is 10.1. The summed E-state index contributed by atoms with van der Waals surface area (Å²) >= 11 is 6.06. The number of pyridine rings is 1. The van der Waals surface area contributed by atoms with Crippen molar-refractivity contribution in [1.29, 1.82) is 0 Å². The van der Waals surface area contributed by atoms with Gasteiger partial charge in [0.25, 0.3) is 5.91 Å². The van der Waals surface area contributed by atoms with Crippen molar-refractivity contribution >= 4 is 34.9 Å². The first-order valence-electron chi connectivity index (χ1n) is 7.44. The van der Waals surface area contributed by atoms with E-state index in [9.17, 15) is 9.59 Å². The summed E-state index contributed by atoms with van der Waals surface area (Å²) in [6.45, 7) is 2.90. The number of rotatable bonds is 6. The molecule has 0 saturated carbocycles. The Kier molecular flexibility index (Phi) is 6.14. The second kappa shape index (κ2) is 8.31. The van der Waals surface area contributed by atoms with Crippen molar-refractivity contribution in [2.45, 2.75) is 13.3 Å². The maximum absolute atomic E-state index is 12.3. The van der Waals surface area contributed by atoms with Crippen LogP contribution in [0.25, 0.3) is 0 Å². The number of hydrogen-bond donors (Lipinski definition) is 2. The number of anilines is 2. The summed E-state index contributed by atoms with van der Waals surface area (Å²) in [5.74, 6) is -0.924. The van der Waals surface area contributed by atoms with Gasteiger partial charge in [0.2, 0.25) is 0 Å². The van der Waals surface area contributed by atoms with Crippen molar-refractivity contribution in [2.24, 2.45) is 0 Å². The zero-order valence-electron chi connectivity index (χ0n) is 13.4. The molecule has 7 heteroatoms. The van der Waals surface area contributed by atoms with Crippen molar-refractivity contribution in [3.05, 3.63) is 52.8 Å². The van der Waals surface area contributed by atoms with Crippen LogP contribution in [-0.2, 0) is 4.74 Å². The molecule has 1 amide bonds. The third-order valence-corrected chi connectivity index (χ3v) is 3.54. The number of nitrogens with zero attached hydrogens (tertiary/aromatic N) is 1. The number of esters is 1. The van der Waals surface area contributed by atoms with E-state index in [1.807, 2.05) is 0 Å². The second-order valence-electron chi connectivity index (χ2n) is 5.00. The molecule has 0 aliphatic heterocycles. The van der Waals surface area contributed by atoms with Crippen molar-refractivity contribution in [2.75, 3.05) is 24.3 Å². The molecule has 0 aliphatic rings. The summed E-state index contributed by atoms with van der Waals surface area (Å²) in [5.41, 5.74) is 1.71. The molecule has 2 aromatic rings. The predicted molar refractivity (Wildman–Crippen MR) is 93.8 cm³/mol. The van der Waals surface area contributed by atoms with Crippen LogP contribution in [0, 0.1) is 0 Å². The minimum Gasteiger partial charge on any atom is -0.465 e. The SMILES string of the molecule is CCCNc1ccc(C(=O)Nc2cc(C(=O)OC)ccc2Cl)nc1. The van der Waals surface area contributed by atoms with Crippen molar-refractivity contribution in [1.82, 2.24) is 4.98 Å². The lowest BCUT2D eigenvalue weighted by Crippen LogP contribution is -2.15. The number of hydrogen-bond acceptors (Lipinski definition) is 5. The van der Waals surface area contributed by atoms with Gasteiger partial charge in [-0.2, -0.15) is 0 Å². The average Bonchev–Trinajstić information content (AvgIpc) is 2.61. The standard InChI is InChI=1S/C17H18ClN3O3/c1-3-8-19-12-5-7-14(20-10-12)16(22)21-15-9-11(17(23)24-2)4-6-13(15)18/h4-7,9-10,19H,3,8H2,1-2H3,(H,21,22). The summed E-state index contributed by atoms with van der Waals surface area (Å²) in [4.78, 5) is 28.0. The molecule has 0 bridgehead atoms. The molecule has 2 rings (SSSR count). The van der Waals surface area contributed by atoms with Gasteiger partial charge in [-0.05, 0) is 36.8 Å². The molecule has 6 nitrogen and oxygen atoms in total. The van der Waals surface area contributed by atoms with E-state index in [1.165, 1.54) is 25.3 Å². The molecule has 0 unspecified atom stereocenters. The van der Waals surface area contributed by atoms with Gasteiger partial charge in [0.05, 0.1) is 35.3 Å². The lowest BCUT2D eigenvalue weighted by atomic mass is 10.2. The van der Waals surface area contributed by atoms with Gasteiger partial charge >= 0.3 is 5.97 Å². The quantitative estimate of drug-likeness (QED) is 0.780. The van der Waals surface area contributed by atoms with Gasteiger partial charge < -0.3 is 15.4 Å². The Morgan fingerprint density at radius 3 is 2.67 bits per heavy atom. The topological polar surface area (TPSA) is 80.3 Å². The first-order chi connectivity index (χ1) is 11.5. The van der Waals surface area contributed by atoms with E-state index in [1.54, 1.807) is 18.3 Å². The van der Waals surface area contributed by atoms with Gasteiger partial charge in [-0.1, -0.05) is 18.5 Å². The van der Waals surface area contributed by atoms with Gasteiger partial charge in [-0.25, -0.2) is 9.78 Å². The van der Waals surface area contributed by atoms with E-state index < -0.39 is 11.9 Å². The number of nitrogens with one attached hydrogen (secondary N) is 2. The van der Waals surface area contributed by atoms with Crippen LogP contribution in [0.5, 0.6) is 0 Å². The largest absolute Gasteiger partial charge is 0.465 e. The van der Waals surface area contributed by atoms with Crippen molar-refractivity contribution in [3.63, 3.8) is 0 Å².